The van der Waals surface area contributed by atoms with Gasteiger partial charge in [0, 0.05) is 25.3 Å². The Labute approximate surface area is 175 Å². The number of benzene rings is 1. The van der Waals surface area contributed by atoms with Gasteiger partial charge in [0.05, 0.1) is 11.9 Å². The van der Waals surface area contributed by atoms with E-state index in [1.165, 1.54) is 25.3 Å². The number of hydrogen-bond donors (Lipinski definition) is 2. The van der Waals surface area contributed by atoms with Crippen molar-refractivity contribution in [2.75, 3.05) is 23.8 Å². The van der Waals surface area contributed by atoms with Crippen molar-refractivity contribution in [1.29, 1.82) is 0 Å². The second-order valence-corrected chi connectivity index (χ2v) is 8.14. The summed E-state index contributed by atoms with van der Waals surface area (Å²) >= 11 is 0. The van der Waals surface area contributed by atoms with Crippen LogP contribution in [0.2, 0.25) is 0 Å². The highest BCUT2D eigenvalue weighted by Gasteiger charge is 2.24. The van der Waals surface area contributed by atoms with Crippen molar-refractivity contribution in [3.63, 3.8) is 0 Å². The normalized spacial score (nSPS) is 18.6. The highest BCUT2D eigenvalue weighted by atomic mass is 19.1. The fourth-order valence-electron chi connectivity index (χ4n) is 4.44. The third-order valence-corrected chi connectivity index (χ3v) is 6.05. The van der Waals surface area contributed by atoms with Gasteiger partial charge in [-0.3, -0.25) is 4.57 Å². The smallest absolute Gasteiger partial charge is 0.224 e. The van der Waals surface area contributed by atoms with E-state index in [0.717, 1.165) is 50.1 Å². The summed E-state index contributed by atoms with van der Waals surface area (Å²) in [7, 11) is 0. The van der Waals surface area contributed by atoms with Crippen molar-refractivity contribution < 1.29 is 9.13 Å². The lowest BCUT2D eigenvalue weighted by Crippen LogP contribution is -2.28. The summed E-state index contributed by atoms with van der Waals surface area (Å²) in [6, 6.07) is 7.29. The maximum atomic E-state index is 14.3. The number of anilines is 3. The molecule has 0 radical (unpaired) electrons. The van der Waals surface area contributed by atoms with Crippen LogP contribution in [0.15, 0.2) is 30.5 Å². The number of imidazole rings is 1. The largest absolute Gasteiger partial charge is 0.381 e. The Bertz CT molecular complexity index is 1010. The number of fused-ring (bicyclic) bond motifs is 1. The quantitative estimate of drug-likeness (QED) is 0.629. The van der Waals surface area contributed by atoms with Gasteiger partial charge in [-0.05, 0) is 37.8 Å². The molecule has 1 saturated heterocycles. The third kappa shape index (κ3) is 3.96. The number of para-hydroxylation sites is 1. The minimum Gasteiger partial charge on any atom is -0.381 e. The molecule has 1 saturated carbocycles. The zero-order chi connectivity index (χ0) is 20.3. The van der Waals surface area contributed by atoms with Gasteiger partial charge in [-0.15, -0.1) is 0 Å². The summed E-state index contributed by atoms with van der Waals surface area (Å²) in [6.07, 6.45) is 9.42. The predicted molar refractivity (Wildman–Crippen MR) is 115 cm³/mol. The highest BCUT2D eigenvalue weighted by molar-refractivity contribution is 5.76. The molecule has 2 N–H and O–H groups in total. The number of hydrogen-bond acceptors (Lipinski definition) is 6. The third-order valence-electron chi connectivity index (χ3n) is 6.05. The van der Waals surface area contributed by atoms with Crippen LogP contribution in [0.5, 0.6) is 0 Å². The Kier molecular flexibility index (Phi) is 5.48. The lowest BCUT2D eigenvalue weighted by Gasteiger charge is -2.25. The van der Waals surface area contributed by atoms with Crippen LogP contribution >= 0.6 is 0 Å². The molecule has 2 fully saturated rings. The average molecular weight is 410 g/mol. The standard InChI is InChI=1S/C22H27FN6O/c23-17-8-4-5-9-18(17)26-22-27-19-14-24-21(25-15-10-12-30-13-11-15)28-20(19)29(22)16-6-2-1-3-7-16/h4-5,8-9,14-16H,1-3,6-7,10-13H2,(H,26,27)(H,24,25,28). The first-order valence-electron chi connectivity index (χ1n) is 10.9. The zero-order valence-electron chi connectivity index (χ0n) is 17.0. The first-order chi connectivity index (χ1) is 14.8. The van der Waals surface area contributed by atoms with Crippen LogP contribution in [0.25, 0.3) is 11.2 Å². The van der Waals surface area contributed by atoms with Crippen molar-refractivity contribution in [2.24, 2.45) is 0 Å². The van der Waals surface area contributed by atoms with E-state index < -0.39 is 0 Å². The maximum Gasteiger partial charge on any atom is 0.224 e. The van der Waals surface area contributed by atoms with Crippen LogP contribution in [-0.2, 0) is 4.74 Å². The lowest BCUT2D eigenvalue weighted by molar-refractivity contribution is 0.0903. The fourth-order valence-corrected chi connectivity index (χ4v) is 4.44. The first-order valence-corrected chi connectivity index (χ1v) is 10.9. The van der Waals surface area contributed by atoms with E-state index in [4.69, 9.17) is 14.7 Å². The highest BCUT2D eigenvalue weighted by Crippen LogP contribution is 2.35. The van der Waals surface area contributed by atoms with E-state index in [1.54, 1.807) is 18.3 Å². The molecule has 0 unspecified atom stereocenters. The zero-order valence-corrected chi connectivity index (χ0v) is 17.0. The summed E-state index contributed by atoms with van der Waals surface area (Å²) in [6.45, 7) is 1.52. The van der Waals surface area contributed by atoms with E-state index in [2.05, 4.69) is 20.2 Å². The molecule has 1 aliphatic carbocycles. The van der Waals surface area contributed by atoms with Crippen molar-refractivity contribution in [2.45, 2.75) is 57.0 Å². The van der Waals surface area contributed by atoms with E-state index in [-0.39, 0.29) is 5.82 Å². The first kappa shape index (κ1) is 19.2. The van der Waals surface area contributed by atoms with Gasteiger partial charge in [0.2, 0.25) is 11.9 Å². The molecule has 0 atom stereocenters. The van der Waals surface area contributed by atoms with Gasteiger partial charge in [-0.2, -0.15) is 4.98 Å². The Morgan fingerprint density at radius 1 is 1.00 bits per heavy atom. The molecule has 1 aliphatic heterocycles. The Balaban J connectivity index is 1.52. The summed E-state index contributed by atoms with van der Waals surface area (Å²) in [5.41, 5.74) is 1.93. The molecule has 1 aromatic carbocycles. The average Bonchev–Trinajstić information content (AvgIpc) is 3.14. The minimum atomic E-state index is -0.298. The van der Waals surface area contributed by atoms with Crippen molar-refractivity contribution >= 4 is 28.7 Å². The molecule has 2 aliphatic rings. The molecule has 158 valence electrons. The minimum absolute atomic E-state index is 0.295. The molecule has 2 aromatic heterocycles. The van der Waals surface area contributed by atoms with E-state index in [9.17, 15) is 4.39 Å². The molecular formula is C22H27FN6O. The summed E-state index contributed by atoms with van der Waals surface area (Å²) in [5.74, 6) is 0.941. The number of aromatic nitrogens is 4. The van der Waals surface area contributed by atoms with Crippen LogP contribution < -0.4 is 10.6 Å². The van der Waals surface area contributed by atoms with Crippen LogP contribution in [0.4, 0.5) is 22.0 Å². The van der Waals surface area contributed by atoms with Crippen molar-refractivity contribution in [3.05, 3.63) is 36.3 Å². The molecule has 0 amide bonds. The van der Waals surface area contributed by atoms with Crippen LogP contribution in [0, 0.1) is 5.82 Å². The molecule has 7 nitrogen and oxygen atoms in total. The van der Waals surface area contributed by atoms with E-state index in [1.807, 2.05) is 6.07 Å². The number of rotatable bonds is 5. The van der Waals surface area contributed by atoms with Gasteiger partial charge in [0.1, 0.15) is 11.3 Å². The van der Waals surface area contributed by atoms with Gasteiger partial charge >= 0.3 is 0 Å². The number of ether oxygens (including phenoxy) is 1. The molecule has 3 heterocycles. The van der Waals surface area contributed by atoms with Crippen molar-refractivity contribution in [1.82, 2.24) is 19.5 Å². The summed E-state index contributed by atoms with van der Waals surface area (Å²) in [5, 5.41) is 6.65. The Hall–Kier alpha value is -2.74. The van der Waals surface area contributed by atoms with Gasteiger partial charge in [-0.1, -0.05) is 31.4 Å². The molecule has 3 aromatic rings. The molecule has 8 heteroatoms. The number of nitrogens with zero attached hydrogens (tertiary/aromatic N) is 4. The maximum absolute atomic E-state index is 14.3. The summed E-state index contributed by atoms with van der Waals surface area (Å²) < 4.78 is 21.9. The number of halogens is 1. The van der Waals surface area contributed by atoms with E-state index in [0.29, 0.717) is 29.7 Å². The van der Waals surface area contributed by atoms with Gasteiger partial charge in [0.25, 0.3) is 0 Å². The van der Waals surface area contributed by atoms with E-state index >= 15 is 0 Å². The predicted octanol–water partition coefficient (Wildman–Crippen LogP) is 4.81. The van der Waals surface area contributed by atoms with Gasteiger partial charge in [0.15, 0.2) is 5.65 Å². The second kappa shape index (κ2) is 8.55. The molecule has 0 bridgehead atoms. The van der Waals surface area contributed by atoms with Crippen molar-refractivity contribution in [3.8, 4) is 0 Å². The van der Waals surface area contributed by atoms with Crippen LogP contribution in [0.1, 0.15) is 51.0 Å². The second-order valence-electron chi connectivity index (χ2n) is 8.14. The summed E-state index contributed by atoms with van der Waals surface area (Å²) in [4.78, 5) is 14.0. The lowest BCUT2D eigenvalue weighted by atomic mass is 9.95. The molecule has 5 rings (SSSR count). The Morgan fingerprint density at radius 3 is 2.60 bits per heavy atom. The van der Waals surface area contributed by atoms with Crippen LogP contribution in [0.3, 0.4) is 0 Å². The monoisotopic (exact) mass is 410 g/mol. The van der Waals surface area contributed by atoms with Crippen LogP contribution in [-0.4, -0.2) is 38.8 Å². The SMILES string of the molecule is Fc1ccccc1Nc1nc2cnc(NC3CCOCC3)nc2n1C1CCCCC1. The molecular weight excluding hydrogens is 383 g/mol. The molecule has 0 spiro atoms. The molecule has 30 heavy (non-hydrogen) atoms. The topological polar surface area (TPSA) is 76.9 Å². The number of nitrogens with one attached hydrogen (secondary N) is 2. The fraction of sp³-hybridized carbons (Fsp3) is 0.500. The van der Waals surface area contributed by atoms with Gasteiger partial charge < -0.3 is 15.4 Å². The van der Waals surface area contributed by atoms with Gasteiger partial charge in [-0.25, -0.2) is 14.4 Å². The Morgan fingerprint density at radius 2 is 1.80 bits per heavy atom.